The predicted octanol–water partition coefficient (Wildman–Crippen LogP) is 3.51. The molecule has 1 aromatic carbocycles. The third-order valence-electron chi connectivity index (χ3n) is 3.44. The molecule has 19 heavy (non-hydrogen) atoms. The minimum absolute atomic E-state index is 0.0367. The van der Waals surface area contributed by atoms with E-state index in [0.717, 1.165) is 5.56 Å². The van der Waals surface area contributed by atoms with Crippen LogP contribution < -0.4 is 0 Å². The Morgan fingerprint density at radius 3 is 2.58 bits per heavy atom. The second-order valence-corrected chi connectivity index (χ2v) is 5.24. The van der Waals surface area contributed by atoms with Crippen LogP contribution in [0.2, 0.25) is 0 Å². The molecule has 0 aliphatic heterocycles. The Kier molecular flexibility index (Phi) is 5.77. The standard InChI is InChI=1S/C16H22O3/c1-13(16(2,3)15(17)18)8-7-11-19-12-14-9-5-4-6-10-14/h4-10,13H,11-12H2,1-3H3,(H,17,18)/b8-7+/t13-/m0/s1. The molecule has 0 aliphatic carbocycles. The van der Waals surface area contributed by atoms with E-state index in [2.05, 4.69) is 0 Å². The first-order valence-electron chi connectivity index (χ1n) is 6.46. The maximum atomic E-state index is 11.1. The van der Waals surface area contributed by atoms with Gasteiger partial charge in [0, 0.05) is 0 Å². The molecule has 1 atom stereocenters. The number of carboxylic acids is 1. The van der Waals surface area contributed by atoms with Gasteiger partial charge in [-0.3, -0.25) is 4.79 Å². The van der Waals surface area contributed by atoms with Crippen LogP contribution in [-0.4, -0.2) is 17.7 Å². The van der Waals surface area contributed by atoms with Crippen molar-refractivity contribution < 1.29 is 14.6 Å². The first-order chi connectivity index (χ1) is 8.94. The summed E-state index contributed by atoms with van der Waals surface area (Å²) in [4.78, 5) is 11.1. The first-order valence-corrected chi connectivity index (χ1v) is 6.46. The van der Waals surface area contributed by atoms with Gasteiger partial charge in [-0.25, -0.2) is 0 Å². The van der Waals surface area contributed by atoms with E-state index >= 15 is 0 Å². The molecule has 0 spiro atoms. The summed E-state index contributed by atoms with van der Waals surface area (Å²) in [6, 6.07) is 9.96. The maximum Gasteiger partial charge on any atom is 0.309 e. The van der Waals surface area contributed by atoms with E-state index in [9.17, 15) is 4.79 Å². The monoisotopic (exact) mass is 262 g/mol. The minimum Gasteiger partial charge on any atom is -0.481 e. The van der Waals surface area contributed by atoms with Gasteiger partial charge < -0.3 is 9.84 Å². The highest BCUT2D eigenvalue weighted by molar-refractivity contribution is 5.74. The van der Waals surface area contributed by atoms with Gasteiger partial charge >= 0.3 is 5.97 Å². The molecule has 0 heterocycles. The molecule has 104 valence electrons. The summed E-state index contributed by atoms with van der Waals surface area (Å²) in [5.41, 5.74) is 0.380. The van der Waals surface area contributed by atoms with Crippen LogP contribution in [-0.2, 0) is 16.1 Å². The molecule has 3 nitrogen and oxygen atoms in total. The molecule has 0 saturated carbocycles. The summed E-state index contributed by atoms with van der Waals surface area (Å²) in [6.45, 7) is 6.43. The number of aliphatic carboxylic acids is 1. The van der Waals surface area contributed by atoms with Crippen LogP contribution in [0.1, 0.15) is 26.3 Å². The van der Waals surface area contributed by atoms with Gasteiger partial charge in [0.2, 0.25) is 0 Å². The fourth-order valence-electron chi connectivity index (χ4n) is 1.51. The van der Waals surface area contributed by atoms with Gasteiger partial charge in [-0.15, -0.1) is 0 Å². The number of carbonyl (C=O) groups is 1. The molecule has 0 radical (unpaired) electrons. The Labute approximate surface area is 114 Å². The predicted molar refractivity (Wildman–Crippen MR) is 75.8 cm³/mol. The zero-order valence-electron chi connectivity index (χ0n) is 11.8. The molecule has 0 aromatic heterocycles. The quantitative estimate of drug-likeness (QED) is 0.604. The van der Waals surface area contributed by atoms with Gasteiger partial charge in [-0.1, -0.05) is 49.4 Å². The fraction of sp³-hybridized carbons (Fsp3) is 0.438. The van der Waals surface area contributed by atoms with Gasteiger partial charge in [0.1, 0.15) is 0 Å². The van der Waals surface area contributed by atoms with Crippen LogP contribution in [0.15, 0.2) is 42.5 Å². The van der Waals surface area contributed by atoms with E-state index in [0.29, 0.717) is 13.2 Å². The number of hydrogen-bond acceptors (Lipinski definition) is 2. The van der Waals surface area contributed by atoms with E-state index < -0.39 is 11.4 Å². The van der Waals surface area contributed by atoms with Crippen molar-refractivity contribution in [2.24, 2.45) is 11.3 Å². The normalized spacial score (nSPS) is 13.6. The SMILES string of the molecule is C[C@@H](/C=C/COCc1ccccc1)C(C)(C)C(=O)O. The van der Waals surface area contributed by atoms with Gasteiger partial charge in [0.05, 0.1) is 18.6 Å². The Balaban J connectivity index is 2.33. The highest BCUT2D eigenvalue weighted by atomic mass is 16.5. The van der Waals surface area contributed by atoms with Crippen molar-refractivity contribution in [3.05, 3.63) is 48.0 Å². The van der Waals surface area contributed by atoms with Crippen LogP contribution in [0.4, 0.5) is 0 Å². The Morgan fingerprint density at radius 2 is 2.00 bits per heavy atom. The first kappa shape index (κ1) is 15.4. The van der Waals surface area contributed by atoms with Crippen LogP contribution >= 0.6 is 0 Å². The molecule has 0 fully saturated rings. The maximum absolute atomic E-state index is 11.1. The smallest absolute Gasteiger partial charge is 0.309 e. The lowest BCUT2D eigenvalue weighted by atomic mass is 9.80. The van der Waals surface area contributed by atoms with Crippen molar-refractivity contribution in [2.45, 2.75) is 27.4 Å². The van der Waals surface area contributed by atoms with Crippen molar-refractivity contribution in [3.63, 3.8) is 0 Å². The van der Waals surface area contributed by atoms with E-state index in [-0.39, 0.29) is 5.92 Å². The summed E-state index contributed by atoms with van der Waals surface area (Å²) in [7, 11) is 0. The summed E-state index contributed by atoms with van der Waals surface area (Å²) >= 11 is 0. The molecular weight excluding hydrogens is 240 g/mol. The zero-order chi connectivity index (χ0) is 14.3. The second kappa shape index (κ2) is 7.10. The summed E-state index contributed by atoms with van der Waals surface area (Å²) in [6.07, 6.45) is 3.79. The number of benzene rings is 1. The van der Waals surface area contributed by atoms with Crippen molar-refractivity contribution >= 4 is 5.97 Å². The van der Waals surface area contributed by atoms with Crippen LogP contribution in [0.5, 0.6) is 0 Å². The molecule has 0 saturated heterocycles. The van der Waals surface area contributed by atoms with Gasteiger partial charge in [0.15, 0.2) is 0 Å². The summed E-state index contributed by atoms with van der Waals surface area (Å²) < 4.78 is 5.51. The number of allylic oxidation sites excluding steroid dienone is 1. The van der Waals surface area contributed by atoms with Gasteiger partial charge in [0.25, 0.3) is 0 Å². The summed E-state index contributed by atoms with van der Waals surface area (Å²) in [5.74, 6) is -0.819. The Morgan fingerprint density at radius 1 is 1.37 bits per heavy atom. The molecule has 0 amide bonds. The average molecular weight is 262 g/mol. The molecule has 0 unspecified atom stereocenters. The number of rotatable bonds is 7. The van der Waals surface area contributed by atoms with Crippen LogP contribution in [0.3, 0.4) is 0 Å². The van der Waals surface area contributed by atoms with E-state index in [1.54, 1.807) is 13.8 Å². The number of ether oxygens (including phenoxy) is 1. The van der Waals surface area contributed by atoms with Crippen molar-refractivity contribution in [3.8, 4) is 0 Å². The molecule has 1 rings (SSSR count). The van der Waals surface area contributed by atoms with Crippen molar-refractivity contribution in [1.82, 2.24) is 0 Å². The molecule has 0 bridgehead atoms. The second-order valence-electron chi connectivity index (χ2n) is 5.24. The van der Waals surface area contributed by atoms with Crippen LogP contribution in [0.25, 0.3) is 0 Å². The topological polar surface area (TPSA) is 46.5 Å². The lowest BCUT2D eigenvalue weighted by Gasteiger charge is -2.24. The molecule has 3 heteroatoms. The van der Waals surface area contributed by atoms with E-state index in [1.807, 2.05) is 49.4 Å². The third kappa shape index (κ3) is 4.87. The lowest BCUT2D eigenvalue weighted by Crippen LogP contribution is -2.30. The van der Waals surface area contributed by atoms with Crippen molar-refractivity contribution in [2.75, 3.05) is 6.61 Å². The molecular formula is C16H22O3. The highest BCUT2D eigenvalue weighted by Gasteiger charge is 2.31. The Bertz CT molecular complexity index is 421. The third-order valence-corrected chi connectivity index (χ3v) is 3.44. The minimum atomic E-state index is -0.783. The molecule has 1 N–H and O–H groups in total. The van der Waals surface area contributed by atoms with Gasteiger partial charge in [-0.05, 0) is 25.3 Å². The Hall–Kier alpha value is -1.61. The van der Waals surface area contributed by atoms with E-state index in [1.165, 1.54) is 0 Å². The average Bonchev–Trinajstić information content (AvgIpc) is 2.39. The number of carboxylic acid groups (broad SMARTS) is 1. The van der Waals surface area contributed by atoms with E-state index in [4.69, 9.17) is 9.84 Å². The lowest BCUT2D eigenvalue weighted by molar-refractivity contribution is -0.148. The molecule has 0 aliphatic rings. The highest BCUT2D eigenvalue weighted by Crippen LogP contribution is 2.27. The number of hydrogen-bond donors (Lipinski definition) is 1. The van der Waals surface area contributed by atoms with Gasteiger partial charge in [-0.2, -0.15) is 0 Å². The fourth-order valence-corrected chi connectivity index (χ4v) is 1.51. The molecule has 1 aromatic rings. The zero-order valence-corrected chi connectivity index (χ0v) is 11.8. The largest absolute Gasteiger partial charge is 0.481 e. The summed E-state index contributed by atoms with van der Waals surface area (Å²) in [5, 5.41) is 9.10. The van der Waals surface area contributed by atoms with Crippen LogP contribution in [0, 0.1) is 11.3 Å². The van der Waals surface area contributed by atoms with Crippen molar-refractivity contribution in [1.29, 1.82) is 0 Å².